The molecule has 10 nitrogen and oxygen atoms in total. The van der Waals surface area contributed by atoms with Crippen molar-refractivity contribution in [1.82, 2.24) is 34.9 Å². The fourth-order valence-corrected chi connectivity index (χ4v) is 6.57. The molecular formula is C34H43N7O3. The Morgan fingerprint density at radius 2 is 1.75 bits per heavy atom. The van der Waals surface area contributed by atoms with E-state index in [0.717, 1.165) is 55.3 Å². The number of pyridine rings is 2. The second-order valence-corrected chi connectivity index (χ2v) is 13.0. The van der Waals surface area contributed by atoms with E-state index in [-0.39, 0.29) is 17.7 Å². The minimum absolute atomic E-state index is 0.0655. The third-order valence-electron chi connectivity index (χ3n) is 9.25. The molecule has 2 aliphatic carbocycles. The van der Waals surface area contributed by atoms with Crippen molar-refractivity contribution in [2.24, 2.45) is 11.8 Å². The fourth-order valence-electron chi connectivity index (χ4n) is 6.57. The van der Waals surface area contributed by atoms with Gasteiger partial charge in [0.15, 0.2) is 5.65 Å². The number of fused-ring (bicyclic) bond motifs is 1. The zero-order chi connectivity index (χ0) is 30.6. The summed E-state index contributed by atoms with van der Waals surface area (Å²) < 4.78 is 1.89. The second-order valence-electron chi connectivity index (χ2n) is 13.0. The van der Waals surface area contributed by atoms with Crippen molar-refractivity contribution >= 4 is 11.6 Å². The van der Waals surface area contributed by atoms with Gasteiger partial charge in [-0.05, 0) is 67.2 Å². The lowest BCUT2D eigenvalue weighted by Gasteiger charge is -2.33. The molecule has 3 N–H and O–H groups in total. The van der Waals surface area contributed by atoms with Crippen LogP contribution in [0.3, 0.4) is 0 Å². The molecule has 2 saturated carbocycles. The van der Waals surface area contributed by atoms with Crippen LogP contribution in [0.25, 0.3) is 16.9 Å². The van der Waals surface area contributed by atoms with E-state index in [9.17, 15) is 15.0 Å². The first kappa shape index (κ1) is 30.3. The van der Waals surface area contributed by atoms with Crippen LogP contribution in [-0.4, -0.2) is 63.9 Å². The van der Waals surface area contributed by atoms with Gasteiger partial charge in [-0.25, -0.2) is 4.98 Å². The Labute approximate surface area is 258 Å². The molecule has 4 aromatic rings. The average Bonchev–Trinajstić information content (AvgIpc) is 3.82. The van der Waals surface area contributed by atoms with E-state index in [1.807, 2.05) is 34.9 Å². The predicted molar refractivity (Wildman–Crippen MR) is 167 cm³/mol. The van der Waals surface area contributed by atoms with Crippen LogP contribution in [0.4, 0.5) is 0 Å². The van der Waals surface area contributed by atoms with Crippen LogP contribution in [0.5, 0.6) is 0 Å². The molecule has 0 aliphatic heterocycles. The van der Waals surface area contributed by atoms with Gasteiger partial charge >= 0.3 is 0 Å². The topological polar surface area (TPSA) is 138 Å². The first-order valence-corrected chi connectivity index (χ1v) is 16.1. The van der Waals surface area contributed by atoms with Crippen LogP contribution < -0.4 is 5.32 Å². The quantitative estimate of drug-likeness (QED) is 0.215. The summed E-state index contributed by atoms with van der Waals surface area (Å²) in [6.07, 6.45) is 15.5. The zero-order valence-electron chi connectivity index (χ0n) is 25.6. The smallest absolute Gasteiger partial charge is 0.231 e. The van der Waals surface area contributed by atoms with E-state index in [4.69, 9.17) is 4.98 Å². The Kier molecular flexibility index (Phi) is 9.28. The lowest BCUT2D eigenvalue weighted by Crippen LogP contribution is -2.51. The van der Waals surface area contributed by atoms with E-state index in [1.54, 1.807) is 24.8 Å². The minimum atomic E-state index is -1.03. The van der Waals surface area contributed by atoms with E-state index in [0.29, 0.717) is 35.9 Å². The van der Waals surface area contributed by atoms with E-state index >= 15 is 0 Å². The molecule has 0 aromatic carbocycles. The molecule has 0 bridgehead atoms. The number of aliphatic hydroxyl groups excluding tert-OH is 2. The molecule has 1 amide bonds. The van der Waals surface area contributed by atoms with Crippen molar-refractivity contribution in [3.05, 3.63) is 72.3 Å². The van der Waals surface area contributed by atoms with Crippen LogP contribution in [-0.2, 0) is 11.2 Å². The van der Waals surface area contributed by atoms with Gasteiger partial charge in [-0.2, -0.15) is 0 Å². The highest BCUT2D eigenvalue weighted by atomic mass is 16.3. The van der Waals surface area contributed by atoms with E-state index < -0.39 is 24.2 Å². The van der Waals surface area contributed by atoms with Gasteiger partial charge in [0.2, 0.25) is 5.91 Å². The lowest BCUT2D eigenvalue weighted by atomic mass is 9.82. The molecule has 4 heterocycles. The largest absolute Gasteiger partial charge is 0.390 e. The monoisotopic (exact) mass is 597 g/mol. The normalized spacial score (nSPS) is 18.7. The molecule has 4 atom stereocenters. The summed E-state index contributed by atoms with van der Waals surface area (Å²) in [7, 11) is 0. The number of nitrogens with one attached hydrogen (secondary N) is 1. The van der Waals surface area contributed by atoms with Crippen molar-refractivity contribution in [3.63, 3.8) is 0 Å². The van der Waals surface area contributed by atoms with Gasteiger partial charge < -0.3 is 15.5 Å². The number of aromatic nitrogens is 6. The molecule has 0 radical (unpaired) electrons. The number of carbonyl (C=O) groups is 1. The summed E-state index contributed by atoms with van der Waals surface area (Å²) in [6, 6.07) is 7.07. The molecular weight excluding hydrogens is 554 g/mol. The third kappa shape index (κ3) is 6.81. The Bertz CT molecular complexity index is 1530. The molecule has 6 rings (SSSR count). The molecule has 10 heteroatoms. The van der Waals surface area contributed by atoms with Gasteiger partial charge in [-0.1, -0.05) is 52.0 Å². The highest BCUT2D eigenvalue weighted by Crippen LogP contribution is 2.36. The van der Waals surface area contributed by atoms with E-state index in [1.165, 1.54) is 6.42 Å². The Morgan fingerprint density at radius 1 is 1.00 bits per heavy atom. The van der Waals surface area contributed by atoms with Gasteiger partial charge in [-0.3, -0.25) is 19.2 Å². The van der Waals surface area contributed by atoms with Crippen LogP contribution in [0.15, 0.2) is 55.2 Å². The molecule has 232 valence electrons. The van der Waals surface area contributed by atoms with Crippen molar-refractivity contribution in [1.29, 1.82) is 0 Å². The third-order valence-corrected chi connectivity index (χ3v) is 9.25. The van der Waals surface area contributed by atoms with Crippen LogP contribution in [0.1, 0.15) is 94.1 Å². The maximum Gasteiger partial charge on any atom is 0.231 e. The summed E-state index contributed by atoms with van der Waals surface area (Å²) in [6.45, 7) is 4.12. The first-order valence-electron chi connectivity index (χ1n) is 16.1. The summed E-state index contributed by atoms with van der Waals surface area (Å²) in [4.78, 5) is 27.9. The molecule has 2 fully saturated rings. The van der Waals surface area contributed by atoms with Gasteiger partial charge in [0.25, 0.3) is 0 Å². The van der Waals surface area contributed by atoms with Crippen molar-refractivity contribution in [2.45, 2.75) is 102 Å². The highest BCUT2D eigenvalue weighted by Gasteiger charge is 2.40. The molecule has 2 aliphatic rings. The van der Waals surface area contributed by atoms with Crippen LogP contribution >= 0.6 is 0 Å². The van der Waals surface area contributed by atoms with Crippen molar-refractivity contribution in [2.75, 3.05) is 0 Å². The maximum atomic E-state index is 14.4. The summed E-state index contributed by atoms with van der Waals surface area (Å²) in [5.41, 5.74) is 3.85. The molecule has 1 unspecified atom stereocenters. The number of hydrogen-bond donors (Lipinski definition) is 3. The lowest BCUT2D eigenvalue weighted by molar-refractivity contribution is -0.125. The van der Waals surface area contributed by atoms with Crippen LogP contribution in [0.2, 0.25) is 0 Å². The standard InChI is InChI=1S/C34H43N7O3/c1-21(2)29-33-40-39-32(41(33)20-28(37-29)25-11-7-15-36-19-25)26(16-23-10-6-14-35-18-23)34(44)38-27(17-22-8-4-3-5-9-22)31(43)30(42)24-12-13-24/h6-7,10-11,14-15,18-22,24,26-27,30-31,42-43H,3-5,8-9,12-13,16-17H2,1-2H3,(H,38,44)/t26?,27-,30-,31+/m0/s1. The highest BCUT2D eigenvalue weighted by molar-refractivity contribution is 5.84. The Morgan fingerprint density at radius 3 is 2.41 bits per heavy atom. The van der Waals surface area contributed by atoms with Gasteiger partial charge in [-0.15, -0.1) is 10.2 Å². The first-order chi connectivity index (χ1) is 21.4. The molecule has 0 saturated heterocycles. The fraction of sp³-hybridized carbons (Fsp3) is 0.529. The minimum Gasteiger partial charge on any atom is -0.390 e. The number of rotatable bonds is 12. The Balaban J connectivity index is 1.38. The summed E-state index contributed by atoms with van der Waals surface area (Å²) in [5, 5.41) is 34.7. The Hall–Kier alpha value is -3.76. The predicted octanol–water partition coefficient (Wildman–Crippen LogP) is 4.62. The summed E-state index contributed by atoms with van der Waals surface area (Å²) in [5.74, 6) is 0.0761. The number of nitrogens with zero attached hydrogens (tertiary/aromatic N) is 6. The number of aliphatic hydroxyl groups is 2. The number of amides is 1. The summed E-state index contributed by atoms with van der Waals surface area (Å²) >= 11 is 0. The van der Waals surface area contributed by atoms with Crippen LogP contribution in [0, 0.1) is 11.8 Å². The molecule has 44 heavy (non-hydrogen) atoms. The van der Waals surface area contributed by atoms with Gasteiger partial charge in [0, 0.05) is 36.5 Å². The van der Waals surface area contributed by atoms with Crippen molar-refractivity contribution in [3.8, 4) is 11.3 Å². The molecule has 0 spiro atoms. The molecule has 4 aromatic heterocycles. The SMILES string of the molecule is CC(C)c1nc(-c2cccnc2)cn2c(C(Cc3cccnc3)C(=O)N[C@@H](CC3CCCCC3)[C@@H](O)[C@@H](O)C3CC3)nnc12. The second kappa shape index (κ2) is 13.5. The zero-order valence-corrected chi connectivity index (χ0v) is 25.6. The van der Waals surface area contributed by atoms with Crippen molar-refractivity contribution < 1.29 is 15.0 Å². The average molecular weight is 598 g/mol. The number of hydrogen-bond acceptors (Lipinski definition) is 8. The van der Waals surface area contributed by atoms with E-state index in [2.05, 4.69) is 39.3 Å². The van der Waals surface area contributed by atoms with Gasteiger partial charge in [0.1, 0.15) is 17.8 Å². The van der Waals surface area contributed by atoms with Gasteiger partial charge in [0.05, 0.1) is 23.5 Å². The number of carbonyl (C=O) groups excluding carboxylic acids is 1. The maximum absolute atomic E-state index is 14.4.